The zero-order valence-electron chi connectivity index (χ0n) is 13.2. The highest BCUT2D eigenvalue weighted by atomic mass is 32.1. The van der Waals surface area contributed by atoms with Gasteiger partial charge in [-0.3, -0.25) is 0 Å². The molecule has 0 spiro atoms. The molecule has 1 aliphatic rings. The van der Waals surface area contributed by atoms with E-state index in [0.717, 1.165) is 64.8 Å². The van der Waals surface area contributed by atoms with E-state index in [1.165, 1.54) is 0 Å². The number of hydrogen-bond acceptors (Lipinski definition) is 6. The molecule has 8 heteroatoms. The lowest BCUT2D eigenvalue weighted by molar-refractivity contribution is 0.163. The summed E-state index contributed by atoms with van der Waals surface area (Å²) in [5.41, 5.74) is 3.33. The molecule has 1 fully saturated rings. The summed E-state index contributed by atoms with van der Waals surface area (Å²) in [7, 11) is 0. The van der Waals surface area contributed by atoms with Gasteiger partial charge in [-0.2, -0.15) is 8.75 Å². The van der Waals surface area contributed by atoms with Gasteiger partial charge in [0.1, 0.15) is 16.0 Å². The predicted molar refractivity (Wildman–Crippen MR) is 96.6 cm³/mol. The molecule has 0 unspecified atom stereocenters. The first-order chi connectivity index (χ1) is 11.7. The Morgan fingerprint density at radius 1 is 1.33 bits per heavy atom. The van der Waals surface area contributed by atoms with Gasteiger partial charge in [-0.15, -0.1) is 11.3 Å². The highest BCUT2D eigenvalue weighted by Gasteiger charge is 2.30. The first kappa shape index (κ1) is 15.5. The first-order valence-corrected chi connectivity index (χ1v) is 9.54. The average Bonchev–Trinajstić information content (AvgIpc) is 3.28. The van der Waals surface area contributed by atoms with Crippen molar-refractivity contribution in [3.63, 3.8) is 0 Å². The second-order valence-electron chi connectivity index (χ2n) is 5.89. The number of carbonyl (C=O) groups is 1. The van der Waals surface area contributed by atoms with E-state index in [1.54, 1.807) is 17.5 Å². The van der Waals surface area contributed by atoms with Crippen LogP contribution in [-0.2, 0) is 0 Å². The van der Waals surface area contributed by atoms with E-state index in [2.05, 4.69) is 19.0 Å². The summed E-state index contributed by atoms with van der Waals surface area (Å²) in [5, 5.41) is 6.04. The topological polar surface area (TPSA) is 71.0 Å². The molecule has 3 aromatic rings. The first-order valence-electron chi connectivity index (χ1n) is 7.93. The Kier molecular flexibility index (Phi) is 4.15. The molecule has 124 valence electrons. The van der Waals surface area contributed by atoms with E-state index in [0.29, 0.717) is 0 Å². The summed E-state index contributed by atoms with van der Waals surface area (Å²) < 4.78 is 8.59. The Balaban J connectivity index is 1.62. The molecule has 0 aliphatic carbocycles. The molecule has 1 aliphatic heterocycles. The summed E-state index contributed by atoms with van der Waals surface area (Å²) in [6.07, 6.45) is 4.91. The second kappa shape index (κ2) is 6.45. The molecule has 6 nitrogen and oxygen atoms in total. The quantitative estimate of drug-likeness (QED) is 0.744. The van der Waals surface area contributed by atoms with Crippen LogP contribution in [0.25, 0.3) is 11.0 Å². The Morgan fingerprint density at radius 3 is 3.08 bits per heavy atom. The summed E-state index contributed by atoms with van der Waals surface area (Å²) in [5.74, 6) is 0. The Morgan fingerprint density at radius 2 is 2.25 bits per heavy atom. The highest BCUT2D eigenvalue weighted by Crippen LogP contribution is 2.33. The highest BCUT2D eigenvalue weighted by molar-refractivity contribution is 7.09. The molecule has 1 aromatic carbocycles. The zero-order valence-corrected chi connectivity index (χ0v) is 14.9. The summed E-state index contributed by atoms with van der Waals surface area (Å²) in [4.78, 5) is 19.3. The van der Waals surface area contributed by atoms with Crippen molar-refractivity contribution >= 4 is 45.8 Å². The molecule has 1 saturated heterocycles. The van der Waals surface area contributed by atoms with Crippen LogP contribution in [0.4, 0.5) is 10.5 Å². The summed E-state index contributed by atoms with van der Waals surface area (Å²) in [6, 6.07) is 3.88. The van der Waals surface area contributed by atoms with Gasteiger partial charge >= 0.3 is 6.03 Å². The number of fused-ring (bicyclic) bond motifs is 1. The van der Waals surface area contributed by atoms with Gasteiger partial charge in [0.15, 0.2) is 0 Å². The molecule has 4 rings (SSSR count). The number of aromatic nitrogens is 3. The van der Waals surface area contributed by atoms with E-state index in [-0.39, 0.29) is 12.1 Å². The smallest absolute Gasteiger partial charge is 0.315 e. The van der Waals surface area contributed by atoms with E-state index >= 15 is 0 Å². The van der Waals surface area contributed by atoms with Crippen LogP contribution in [0.15, 0.2) is 23.7 Å². The monoisotopic (exact) mass is 359 g/mol. The van der Waals surface area contributed by atoms with Crippen molar-refractivity contribution in [1.82, 2.24) is 18.6 Å². The molecular formula is C16H17N5OS2. The summed E-state index contributed by atoms with van der Waals surface area (Å²) >= 11 is 2.77. The maximum absolute atomic E-state index is 12.9. The molecule has 1 N–H and O–H groups in total. The van der Waals surface area contributed by atoms with Crippen molar-refractivity contribution in [3.8, 4) is 0 Å². The fourth-order valence-corrected chi connectivity index (χ4v) is 4.45. The van der Waals surface area contributed by atoms with Gasteiger partial charge in [0.25, 0.3) is 0 Å². The van der Waals surface area contributed by atoms with Crippen molar-refractivity contribution in [2.75, 3.05) is 11.9 Å². The minimum absolute atomic E-state index is 0.0619. The van der Waals surface area contributed by atoms with Gasteiger partial charge in [0, 0.05) is 18.1 Å². The lowest BCUT2D eigenvalue weighted by Crippen LogP contribution is -2.41. The van der Waals surface area contributed by atoms with Crippen LogP contribution >= 0.6 is 23.1 Å². The third-order valence-electron chi connectivity index (χ3n) is 4.37. The lowest BCUT2D eigenvalue weighted by Gasteiger charge is -2.34. The van der Waals surface area contributed by atoms with Crippen molar-refractivity contribution in [2.24, 2.45) is 0 Å². The minimum atomic E-state index is -0.0847. The number of piperidine rings is 1. The number of benzene rings is 1. The number of aryl methyl sites for hydroxylation is 1. The number of nitrogens with one attached hydrogen (secondary N) is 1. The third-order valence-corrected chi connectivity index (χ3v) is 5.79. The van der Waals surface area contributed by atoms with Gasteiger partial charge in [-0.1, -0.05) is 6.07 Å². The number of hydrogen-bond donors (Lipinski definition) is 1. The van der Waals surface area contributed by atoms with Crippen LogP contribution < -0.4 is 5.32 Å². The number of anilines is 1. The number of thiazole rings is 1. The van der Waals surface area contributed by atoms with Crippen molar-refractivity contribution in [2.45, 2.75) is 32.2 Å². The molecule has 0 radical (unpaired) electrons. The molecule has 3 heterocycles. The second-order valence-corrected chi connectivity index (χ2v) is 7.35. The van der Waals surface area contributed by atoms with Crippen molar-refractivity contribution in [1.29, 1.82) is 0 Å². The normalized spacial score (nSPS) is 18.0. The maximum Gasteiger partial charge on any atom is 0.322 e. The molecule has 1 atom stereocenters. The number of urea groups is 1. The van der Waals surface area contributed by atoms with E-state index in [4.69, 9.17) is 0 Å². The van der Waals surface area contributed by atoms with Crippen LogP contribution in [0.5, 0.6) is 0 Å². The van der Waals surface area contributed by atoms with Crippen LogP contribution in [-0.4, -0.2) is 31.2 Å². The fourth-order valence-electron chi connectivity index (χ4n) is 3.12. The maximum atomic E-state index is 12.9. The molecule has 2 amide bonds. The minimum Gasteiger partial charge on any atom is -0.315 e. The lowest BCUT2D eigenvalue weighted by atomic mass is 10.0. The third kappa shape index (κ3) is 2.76. The van der Waals surface area contributed by atoms with E-state index in [1.807, 2.05) is 29.3 Å². The molecule has 2 aromatic heterocycles. The van der Waals surface area contributed by atoms with Gasteiger partial charge in [0.05, 0.1) is 23.5 Å². The number of amides is 2. The SMILES string of the molecule is Cc1ccc2nsnc2c1NC(=O)N1CCCC[C@H]1c1nccs1. The number of carbonyl (C=O) groups excluding carboxylic acids is 1. The predicted octanol–water partition coefficient (Wildman–Crippen LogP) is 4.22. The van der Waals surface area contributed by atoms with Crippen LogP contribution in [0.1, 0.15) is 35.9 Å². The van der Waals surface area contributed by atoms with Crippen molar-refractivity contribution < 1.29 is 4.79 Å². The standard InChI is InChI=1S/C16H17N5OS2/c1-10-5-6-11-14(20-24-19-11)13(10)18-16(22)21-8-3-2-4-12(21)15-17-7-9-23-15/h5-7,9,12H,2-4,8H2,1H3,(H,18,22)/t12-/m0/s1. The van der Waals surface area contributed by atoms with Gasteiger partial charge < -0.3 is 10.2 Å². The van der Waals surface area contributed by atoms with Gasteiger partial charge in [-0.05, 0) is 37.8 Å². The number of nitrogens with zero attached hydrogens (tertiary/aromatic N) is 4. The van der Waals surface area contributed by atoms with Crippen molar-refractivity contribution in [3.05, 3.63) is 34.3 Å². The van der Waals surface area contributed by atoms with E-state index in [9.17, 15) is 4.79 Å². The van der Waals surface area contributed by atoms with Crippen LogP contribution in [0.2, 0.25) is 0 Å². The fraction of sp³-hybridized carbons (Fsp3) is 0.375. The molecular weight excluding hydrogens is 342 g/mol. The van der Waals surface area contributed by atoms with Crippen LogP contribution in [0, 0.1) is 6.92 Å². The average molecular weight is 359 g/mol. The Bertz CT molecular complexity index is 861. The molecule has 24 heavy (non-hydrogen) atoms. The Labute approximate surface area is 147 Å². The van der Waals surface area contributed by atoms with Crippen LogP contribution in [0.3, 0.4) is 0 Å². The summed E-state index contributed by atoms with van der Waals surface area (Å²) in [6.45, 7) is 2.73. The van der Waals surface area contributed by atoms with Gasteiger partial charge in [0.2, 0.25) is 0 Å². The van der Waals surface area contributed by atoms with Gasteiger partial charge in [-0.25, -0.2) is 9.78 Å². The van der Waals surface area contributed by atoms with E-state index < -0.39 is 0 Å². The largest absolute Gasteiger partial charge is 0.322 e. The molecule has 0 bridgehead atoms. The number of rotatable bonds is 2. The number of likely N-dealkylation sites (tertiary alicyclic amines) is 1. The zero-order chi connectivity index (χ0) is 16.5. The molecule has 0 saturated carbocycles. The Hall–Kier alpha value is -2.06.